The first-order valence-corrected chi connectivity index (χ1v) is 9.28. The average molecular weight is 373 g/mol. The Morgan fingerprint density at radius 1 is 1.30 bits per heavy atom. The van der Waals surface area contributed by atoms with E-state index in [1.165, 1.54) is 18.2 Å². The molecule has 3 rings (SSSR count). The van der Waals surface area contributed by atoms with E-state index in [1.807, 2.05) is 4.90 Å². The molecule has 2 aromatic heterocycles. The molecule has 8 heteroatoms. The van der Waals surface area contributed by atoms with Gasteiger partial charge in [0.15, 0.2) is 10.8 Å². The maximum atomic E-state index is 12.4. The van der Waals surface area contributed by atoms with Crippen LogP contribution in [0.1, 0.15) is 20.3 Å². The largest absolute Gasteiger partial charge is 0.341 e. The molecular formula is C15H18Cl2N4OS. The SMILES string of the molecule is C[C@@H]1C[C@@H](C)CN(C(=O)CSc2nnc3c(Cl)cc(Cl)cn23)C1. The van der Waals surface area contributed by atoms with Gasteiger partial charge in [-0.25, -0.2) is 0 Å². The number of likely N-dealkylation sites (tertiary alicyclic amines) is 1. The number of thioether (sulfide) groups is 1. The first-order valence-electron chi connectivity index (χ1n) is 7.54. The molecule has 1 amide bonds. The number of carbonyl (C=O) groups is 1. The van der Waals surface area contributed by atoms with E-state index in [0.29, 0.717) is 38.4 Å². The molecule has 0 aliphatic carbocycles. The maximum Gasteiger partial charge on any atom is 0.233 e. The molecule has 23 heavy (non-hydrogen) atoms. The minimum atomic E-state index is 0.137. The lowest BCUT2D eigenvalue weighted by Gasteiger charge is -2.34. The zero-order chi connectivity index (χ0) is 16.6. The van der Waals surface area contributed by atoms with Gasteiger partial charge in [-0.2, -0.15) is 0 Å². The maximum absolute atomic E-state index is 12.4. The van der Waals surface area contributed by atoms with E-state index in [4.69, 9.17) is 23.2 Å². The Morgan fingerprint density at radius 3 is 2.70 bits per heavy atom. The van der Waals surface area contributed by atoms with Gasteiger partial charge >= 0.3 is 0 Å². The number of fused-ring (bicyclic) bond motifs is 1. The van der Waals surface area contributed by atoms with Crippen LogP contribution in [0.3, 0.4) is 0 Å². The summed E-state index contributed by atoms with van der Waals surface area (Å²) in [4.78, 5) is 14.4. The molecule has 0 N–H and O–H groups in total. The lowest BCUT2D eigenvalue weighted by atomic mass is 9.92. The minimum Gasteiger partial charge on any atom is -0.341 e. The third-order valence-corrected chi connectivity index (χ3v) is 5.35. The fraction of sp³-hybridized carbons (Fsp3) is 0.533. The van der Waals surface area contributed by atoms with Crippen LogP contribution in [0, 0.1) is 11.8 Å². The van der Waals surface area contributed by atoms with Crippen molar-refractivity contribution in [1.82, 2.24) is 19.5 Å². The van der Waals surface area contributed by atoms with E-state index in [9.17, 15) is 4.79 Å². The molecule has 0 radical (unpaired) electrons. The van der Waals surface area contributed by atoms with Crippen molar-refractivity contribution in [3.8, 4) is 0 Å². The van der Waals surface area contributed by atoms with Gasteiger partial charge in [0.1, 0.15) is 0 Å². The topological polar surface area (TPSA) is 50.5 Å². The number of halogens is 2. The van der Waals surface area contributed by atoms with E-state index in [1.54, 1.807) is 16.7 Å². The molecular weight excluding hydrogens is 355 g/mol. The standard InChI is InChI=1S/C15H18Cl2N4OS/c1-9-3-10(2)6-20(5-9)13(22)8-23-15-19-18-14-12(17)4-11(16)7-21(14)15/h4,7,9-10H,3,5-6,8H2,1-2H3/t9-,10-/m1/s1. The number of carbonyl (C=O) groups excluding carboxylic acids is 1. The average Bonchev–Trinajstić information content (AvgIpc) is 2.87. The number of hydrogen-bond donors (Lipinski definition) is 0. The number of nitrogens with zero attached hydrogens (tertiary/aromatic N) is 4. The van der Waals surface area contributed by atoms with E-state index in [0.717, 1.165) is 13.1 Å². The first kappa shape index (κ1) is 16.9. The molecule has 0 unspecified atom stereocenters. The van der Waals surface area contributed by atoms with Crippen LogP contribution in [-0.4, -0.2) is 44.2 Å². The summed E-state index contributed by atoms with van der Waals surface area (Å²) in [6.45, 7) is 6.06. The van der Waals surface area contributed by atoms with Gasteiger partial charge in [-0.3, -0.25) is 9.20 Å². The number of piperidine rings is 1. The fourth-order valence-electron chi connectivity index (χ4n) is 3.09. The zero-order valence-electron chi connectivity index (χ0n) is 13.0. The third kappa shape index (κ3) is 3.75. The molecule has 0 spiro atoms. The summed E-state index contributed by atoms with van der Waals surface area (Å²) in [5.74, 6) is 1.58. The summed E-state index contributed by atoms with van der Waals surface area (Å²) in [5, 5.41) is 9.73. The van der Waals surface area contributed by atoms with E-state index in [2.05, 4.69) is 24.0 Å². The van der Waals surface area contributed by atoms with Crippen molar-refractivity contribution in [2.75, 3.05) is 18.8 Å². The van der Waals surface area contributed by atoms with Crippen molar-refractivity contribution in [1.29, 1.82) is 0 Å². The second-order valence-electron chi connectivity index (χ2n) is 6.22. The predicted octanol–water partition coefficient (Wildman–Crippen LogP) is 3.63. The van der Waals surface area contributed by atoms with Gasteiger partial charge < -0.3 is 4.90 Å². The Bertz CT molecular complexity index is 726. The lowest BCUT2D eigenvalue weighted by Crippen LogP contribution is -2.43. The Morgan fingerprint density at radius 2 is 2.00 bits per heavy atom. The number of rotatable bonds is 3. The number of pyridine rings is 1. The van der Waals surface area contributed by atoms with Gasteiger partial charge in [-0.1, -0.05) is 48.8 Å². The Balaban J connectivity index is 1.70. The fourth-order valence-corrected chi connectivity index (χ4v) is 4.41. The molecule has 1 aliphatic rings. The smallest absolute Gasteiger partial charge is 0.233 e. The minimum absolute atomic E-state index is 0.137. The molecule has 1 fully saturated rings. The van der Waals surface area contributed by atoms with Gasteiger partial charge in [-0.15, -0.1) is 10.2 Å². The Kier molecular flexibility index (Phi) is 5.04. The summed E-state index contributed by atoms with van der Waals surface area (Å²) >= 11 is 13.5. The summed E-state index contributed by atoms with van der Waals surface area (Å²) in [6, 6.07) is 1.63. The molecule has 0 aromatic carbocycles. The molecule has 3 heterocycles. The van der Waals surface area contributed by atoms with Gasteiger partial charge in [0.05, 0.1) is 15.8 Å². The summed E-state index contributed by atoms with van der Waals surface area (Å²) in [6.07, 6.45) is 2.89. The first-order chi connectivity index (χ1) is 10.9. The lowest BCUT2D eigenvalue weighted by molar-refractivity contribution is -0.130. The van der Waals surface area contributed by atoms with E-state index < -0.39 is 0 Å². The predicted molar refractivity (Wildman–Crippen MR) is 93.3 cm³/mol. The number of aromatic nitrogens is 3. The van der Waals surface area contributed by atoms with Crippen LogP contribution < -0.4 is 0 Å². The summed E-state index contributed by atoms with van der Waals surface area (Å²) < 4.78 is 1.73. The highest BCUT2D eigenvalue weighted by Gasteiger charge is 2.25. The molecule has 1 aliphatic heterocycles. The van der Waals surface area contributed by atoms with Crippen molar-refractivity contribution in [2.45, 2.75) is 25.4 Å². The highest BCUT2D eigenvalue weighted by atomic mass is 35.5. The van der Waals surface area contributed by atoms with Crippen molar-refractivity contribution < 1.29 is 4.79 Å². The molecule has 1 saturated heterocycles. The summed E-state index contributed by atoms with van der Waals surface area (Å²) in [7, 11) is 0. The van der Waals surface area contributed by atoms with Gasteiger partial charge in [0.2, 0.25) is 5.91 Å². The van der Waals surface area contributed by atoms with Crippen molar-refractivity contribution in [3.05, 3.63) is 22.3 Å². The molecule has 124 valence electrons. The highest BCUT2D eigenvalue weighted by Crippen LogP contribution is 2.26. The second kappa shape index (κ2) is 6.87. The molecule has 2 atom stereocenters. The molecule has 0 saturated carbocycles. The van der Waals surface area contributed by atoms with Gasteiger partial charge in [0.25, 0.3) is 0 Å². The van der Waals surface area contributed by atoms with Crippen molar-refractivity contribution in [2.24, 2.45) is 11.8 Å². The van der Waals surface area contributed by atoms with Crippen LogP contribution in [0.2, 0.25) is 10.0 Å². The van der Waals surface area contributed by atoms with Gasteiger partial charge in [0, 0.05) is 19.3 Å². The number of hydrogen-bond acceptors (Lipinski definition) is 4. The molecule has 0 bridgehead atoms. The monoisotopic (exact) mass is 372 g/mol. The van der Waals surface area contributed by atoms with Crippen LogP contribution >= 0.6 is 35.0 Å². The summed E-state index contributed by atoms with van der Waals surface area (Å²) in [5.41, 5.74) is 0.547. The van der Waals surface area contributed by atoms with E-state index >= 15 is 0 Å². The third-order valence-electron chi connectivity index (χ3n) is 3.94. The van der Waals surface area contributed by atoms with Crippen LogP contribution in [0.25, 0.3) is 5.65 Å². The van der Waals surface area contributed by atoms with Crippen molar-refractivity contribution in [3.63, 3.8) is 0 Å². The van der Waals surface area contributed by atoms with Crippen molar-refractivity contribution >= 4 is 46.5 Å². The van der Waals surface area contributed by atoms with Crippen LogP contribution in [0.5, 0.6) is 0 Å². The zero-order valence-corrected chi connectivity index (χ0v) is 15.3. The Hall–Kier alpha value is -0.980. The van der Waals surface area contributed by atoms with E-state index in [-0.39, 0.29) is 5.91 Å². The number of amides is 1. The quantitative estimate of drug-likeness (QED) is 0.771. The second-order valence-corrected chi connectivity index (χ2v) is 8.00. The van der Waals surface area contributed by atoms with Gasteiger partial charge in [-0.05, 0) is 24.3 Å². The van der Waals surface area contributed by atoms with Crippen LogP contribution in [-0.2, 0) is 4.79 Å². The normalized spacial score (nSPS) is 21.8. The van der Waals surface area contributed by atoms with Crippen LogP contribution in [0.15, 0.2) is 17.4 Å². The van der Waals surface area contributed by atoms with Crippen LogP contribution in [0.4, 0.5) is 0 Å². The Labute approximate surface area is 149 Å². The molecule has 2 aromatic rings. The molecule has 5 nitrogen and oxygen atoms in total. The highest BCUT2D eigenvalue weighted by molar-refractivity contribution is 7.99.